The van der Waals surface area contributed by atoms with Gasteiger partial charge in [-0.15, -0.1) is 0 Å². The first-order chi connectivity index (χ1) is 4.89. The number of rotatable bonds is 3. The van der Waals surface area contributed by atoms with Crippen molar-refractivity contribution < 1.29 is 21.5 Å². The van der Waals surface area contributed by atoms with Crippen LogP contribution >= 0.6 is 31.9 Å². The monoisotopic (exact) mass is 363 g/mol. The lowest BCUT2D eigenvalue weighted by Gasteiger charge is -2.28. The van der Waals surface area contributed by atoms with Crippen LogP contribution in [-0.4, -0.2) is 31.7 Å². The van der Waals surface area contributed by atoms with Crippen molar-refractivity contribution >= 4 is 31.9 Å². The van der Waals surface area contributed by atoms with Crippen LogP contribution in [0.4, 0.5) is 0 Å². The maximum Gasteiger partial charge on any atom is 0.111 e. The number of allylic oxidation sites excluding steroid dienone is 1. The fourth-order valence-electron chi connectivity index (χ4n) is 0.597. The summed E-state index contributed by atoms with van der Waals surface area (Å²) in [6.45, 7) is 6.45. The number of halogens is 3. The van der Waals surface area contributed by atoms with Gasteiger partial charge in [0.2, 0.25) is 0 Å². The van der Waals surface area contributed by atoms with Crippen LogP contribution in [0.25, 0.3) is 0 Å². The van der Waals surface area contributed by atoms with Crippen LogP contribution in [0.3, 0.4) is 0 Å². The summed E-state index contributed by atoms with van der Waals surface area (Å²) in [6.07, 6.45) is 0. The van der Waals surface area contributed by atoms with E-state index in [1.165, 1.54) is 8.96 Å². The Labute approximate surface area is 103 Å². The predicted octanol–water partition coefficient (Wildman–Crippen LogP) is 0.108. The first kappa shape index (κ1) is 15.6. The zero-order chi connectivity index (χ0) is 9.07. The molecule has 4 heteroatoms. The Balaban J connectivity index is 0. The van der Waals surface area contributed by atoms with E-state index in [9.17, 15) is 0 Å². The van der Waals surface area contributed by atoms with Gasteiger partial charge in [0.15, 0.2) is 0 Å². The molecule has 12 heavy (non-hydrogen) atoms. The first-order valence-electron chi connectivity index (χ1n) is 3.72. The van der Waals surface area contributed by atoms with E-state index >= 15 is 0 Å². The van der Waals surface area contributed by atoms with E-state index in [2.05, 4.69) is 59.8 Å². The molecule has 0 aliphatic carbocycles. The van der Waals surface area contributed by atoms with E-state index < -0.39 is 0 Å². The molecule has 0 aliphatic heterocycles. The normalized spacial score (nSPS) is 13.5. The Morgan fingerprint density at radius 1 is 1.25 bits per heavy atom. The molecular formula is C8H16Br3N. The molecule has 0 aromatic rings. The van der Waals surface area contributed by atoms with Crippen molar-refractivity contribution in [3.05, 3.63) is 8.96 Å². The van der Waals surface area contributed by atoms with Gasteiger partial charge in [-0.25, -0.2) is 0 Å². The van der Waals surface area contributed by atoms with Crippen molar-refractivity contribution in [3.8, 4) is 0 Å². The number of likely N-dealkylation sites (N-methyl/N-ethyl adjacent to an activating group) is 1. The molecule has 1 nitrogen and oxygen atoms in total. The molecule has 0 aliphatic rings. The summed E-state index contributed by atoms with van der Waals surface area (Å²) >= 11 is 6.98. The van der Waals surface area contributed by atoms with E-state index in [1.54, 1.807) is 0 Å². The summed E-state index contributed by atoms with van der Waals surface area (Å²) in [5.74, 6) is 0. The molecule has 0 saturated heterocycles. The van der Waals surface area contributed by atoms with Gasteiger partial charge in [0.25, 0.3) is 0 Å². The molecule has 0 N–H and O–H groups in total. The number of quaternary nitrogens is 1. The van der Waals surface area contributed by atoms with Gasteiger partial charge in [-0.05, 0) is 29.8 Å². The molecule has 0 spiro atoms. The Bertz CT molecular complexity index is 160. The van der Waals surface area contributed by atoms with Crippen LogP contribution < -0.4 is 17.0 Å². The summed E-state index contributed by atoms with van der Waals surface area (Å²) in [7, 11) is 4.44. The highest BCUT2D eigenvalue weighted by molar-refractivity contribution is 9.14. The van der Waals surface area contributed by atoms with Gasteiger partial charge in [-0.1, -0.05) is 15.9 Å². The van der Waals surface area contributed by atoms with Gasteiger partial charge in [-0.2, -0.15) is 0 Å². The summed E-state index contributed by atoms with van der Waals surface area (Å²) < 4.78 is 3.46. The summed E-state index contributed by atoms with van der Waals surface area (Å²) in [6, 6.07) is 0. The summed E-state index contributed by atoms with van der Waals surface area (Å²) in [4.78, 5) is 0. The van der Waals surface area contributed by atoms with Crippen LogP contribution in [0.2, 0.25) is 0 Å². The minimum absolute atomic E-state index is 0. The zero-order valence-corrected chi connectivity index (χ0v) is 12.8. The SMILES string of the molecule is CC[N+](C)(C)C/C(Br)=C(/C)Br.[Br-]. The minimum Gasteiger partial charge on any atom is -1.00 e. The Kier molecular flexibility index (Phi) is 8.55. The van der Waals surface area contributed by atoms with Gasteiger partial charge < -0.3 is 21.5 Å². The predicted molar refractivity (Wildman–Crippen MR) is 58.1 cm³/mol. The minimum atomic E-state index is 0. The van der Waals surface area contributed by atoms with Crippen molar-refractivity contribution in [2.24, 2.45) is 0 Å². The second-order valence-electron chi connectivity index (χ2n) is 3.35. The molecule has 0 rings (SSSR count). The fourth-order valence-corrected chi connectivity index (χ4v) is 1.40. The van der Waals surface area contributed by atoms with E-state index in [-0.39, 0.29) is 17.0 Å². The van der Waals surface area contributed by atoms with E-state index in [1.807, 2.05) is 0 Å². The molecule has 0 radical (unpaired) electrons. The van der Waals surface area contributed by atoms with Gasteiger partial charge in [0.05, 0.1) is 25.1 Å². The van der Waals surface area contributed by atoms with Crippen LogP contribution in [0.1, 0.15) is 13.8 Å². The second kappa shape index (κ2) is 6.57. The van der Waals surface area contributed by atoms with E-state index in [4.69, 9.17) is 0 Å². The van der Waals surface area contributed by atoms with Crippen molar-refractivity contribution in [2.75, 3.05) is 27.2 Å². The molecule has 0 aromatic carbocycles. The fraction of sp³-hybridized carbons (Fsp3) is 0.750. The van der Waals surface area contributed by atoms with Gasteiger partial charge in [-0.3, -0.25) is 0 Å². The van der Waals surface area contributed by atoms with Crippen LogP contribution in [0.5, 0.6) is 0 Å². The topological polar surface area (TPSA) is 0 Å². The molecule has 0 heterocycles. The highest BCUT2D eigenvalue weighted by Gasteiger charge is 2.13. The molecule has 74 valence electrons. The lowest BCUT2D eigenvalue weighted by Crippen LogP contribution is -3.00. The van der Waals surface area contributed by atoms with Crippen molar-refractivity contribution in [3.63, 3.8) is 0 Å². The standard InChI is InChI=1S/C8H16Br2N.BrH/c1-5-11(3,4)6-8(10)7(2)9;/h5-6H2,1-4H3;1H/q+1;/p-1/b8-7+;. The first-order valence-corrected chi connectivity index (χ1v) is 5.30. The second-order valence-corrected chi connectivity index (χ2v) is 5.50. The smallest absolute Gasteiger partial charge is 0.111 e. The lowest BCUT2D eigenvalue weighted by atomic mass is 10.4. The van der Waals surface area contributed by atoms with Gasteiger partial charge >= 0.3 is 0 Å². The van der Waals surface area contributed by atoms with Crippen molar-refractivity contribution in [1.29, 1.82) is 0 Å². The Morgan fingerprint density at radius 2 is 1.67 bits per heavy atom. The van der Waals surface area contributed by atoms with Crippen LogP contribution in [0.15, 0.2) is 8.96 Å². The molecule has 0 aromatic heterocycles. The van der Waals surface area contributed by atoms with E-state index in [0.717, 1.165) is 17.6 Å². The lowest BCUT2D eigenvalue weighted by molar-refractivity contribution is -0.883. The van der Waals surface area contributed by atoms with E-state index in [0.29, 0.717) is 0 Å². The molecule has 0 fully saturated rings. The third-order valence-corrected chi connectivity index (χ3v) is 3.65. The maximum absolute atomic E-state index is 3.54. The third-order valence-electron chi connectivity index (χ3n) is 1.80. The largest absolute Gasteiger partial charge is 1.00 e. The maximum atomic E-state index is 3.54. The molecule has 0 atom stereocenters. The molecule has 0 saturated carbocycles. The summed E-state index contributed by atoms with van der Waals surface area (Å²) in [5.41, 5.74) is 0. The van der Waals surface area contributed by atoms with Crippen LogP contribution in [0, 0.1) is 0 Å². The average molecular weight is 366 g/mol. The Morgan fingerprint density at radius 3 is 1.92 bits per heavy atom. The molecule has 0 amide bonds. The third kappa shape index (κ3) is 6.63. The molecule has 0 bridgehead atoms. The van der Waals surface area contributed by atoms with Gasteiger partial charge in [0.1, 0.15) is 6.54 Å². The highest BCUT2D eigenvalue weighted by Crippen LogP contribution is 2.19. The summed E-state index contributed by atoms with van der Waals surface area (Å²) in [5, 5.41) is 0. The number of hydrogen-bond acceptors (Lipinski definition) is 0. The molecule has 0 unspecified atom stereocenters. The zero-order valence-electron chi connectivity index (χ0n) is 8.00. The highest BCUT2D eigenvalue weighted by atomic mass is 79.9. The average Bonchev–Trinajstić information content (AvgIpc) is 1.87. The Hall–Kier alpha value is 1.14. The van der Waals surface area contributed by atoms with Crippen LogP contribution in [-0.2, 0) is 0 Å². The molecular weight excluding hydrogens is 350 g/mol. The number of hydrogen-bond donors (Lipinski definition) is 0. The van der Waals surface area contributed by atoms with Gasteiger partial charge in [0, 0.05) is 4.48 Å². The van der Waals surface area contributed by atoms with Crippen molar-refractivity contribution in [2.45, 2.75) is 13.8 Å². The van der Waals surface area contributed by atoms with Crippen molar-refractivity contribution in [1.82, 2.24) is 0 Å². The quantitative estimate of drug-likeness (QED) is 0.623. The number of nitrogens with zero attached hydrogens (tertiary/aromatic N) is 1.